The smallest absolute Gasteiger partial charge is 0.384 e. The first-order valence-corrected chi connectivity index (χ1v) is 5.20. The number of nitrogens with two attached hydrogens (primary N) is 1. The van der Waals surface area contributed by atoms with E-state index in [1.54, 1.807) is 24.3 Å². The van der Waals surface area contributed by atoms with Crippen LogP contribution in [0.25, 0.3) is 0 Å². The number of benzene rings is 1. The number of hydrogen-bond acceptors (Lipinski definition) is 4. The summed E-state index contributed by atoms with van der Waals surface area (Å²) in [5.74, 6) is -0.00348. The summed E-state index contributed by atoms with van der Waals surface area (Å²) in [5.41, 5.74) is 6.61. The van der Waals surface area contributed by atoms with E-state index in [9.17, 15) is 4.57 Å². The molecule has 0 heterocycles. The first-order chi connectivity index (χ1) is 7.09. The number of nitrogens with one attached hydrogen (secondary N) is 2. The second-order valence-electron chi connectivity index (χ2n) is 2.68. The van der Waals surface area contributed by atoms with Gasteiger partial charge in [-0.2, -0.15) is 0 Å². The maximum Gasteiger partial charge on any atom is 0.696 e. The second-order valence-corrected chi connectivity index (χ2v) is 3.41. The third kappa shape index (κ3) is 4.03. The molecule has 1 aromatic carbocycles. The Kier molecular flexibility index (Phi) is 4.17. The Morgan fingerprint density at radius 1 is 1.53 bits per heavy atom. The lowest BCUT2D eigenvalue weighted by atomic mass is 10.2. The van der Waals surface area contributed by atoms with Crippen molar-refractivity contribution < 1.29 is 14.0 Å². The minimum atomic E-state index is -2.58. The maximum atomic E-state index is 10.2. The van der Waals surface area contributed by atoms with Crippen LogP contribution < -0.4 is 11.1 Å². The van der Waals surface area contributed by atoms with Crippen LogP contribution in [0.4, 0.5) is 5.69 Å². The Morgan fingerprint density at radius 2 is 2.13 bits per heavy atom. The zero-order valence-electron chi connectivity index (χ0n) is 7.80. The van der Waals surface area contributed by atoms with Gasteiger partial charge in [-0.3, -0.25) is 5.41 Å². The minimum absolute atomic E-state index is 0.00348. The lowest BCUT2D eigenvalue weighted by molar-refractivity contribution is 0.302. The zero-order valence-corrected chi connectivity index (χ0v) is 8.70. The molecule has 1 unspecified atom stereocenters. The van der Waals surface area contributed by atoms with Crippen LogP contribution in [0.5, 0.6) is 0 Å². The summed E-state index contributed by atoms with van der Waals surface area (Å²) in [4.78, 5) is 8.35. The predicted molar refractivity (Wildman–Crippen MR) is 56.9 cm³/mol. The topological polar surface area (TPSA) is 108 Å². The highest BCUT2D eigenvalue weighted by Gasteiger charge is 2.10. The van der Waals surface area contributed by atoms with Crippen LogP contribution in [-0.2, 0) is 9.09 Å². The van der Waals surface area contributed by atoms with Crippen LogP contribution >= 0.6 is 8.25 Å². The Hall–Kier alpha value is -1.49. The molecule has 0 saturated heterocycles. The normalized spacial score (nSPS) is 10.9. The Bertz CT molecular complexity index is 366. The first-order valence-electron chi connectivity index (χ1n) is 4.07. The third-order valence-electron chi connectivity index (χ3n) is 1.65. The standard InChI is InChI=1S/C8H10N3O3P/c9-8(10)6-1-3-7(4-2-6)11-5-14-15(12)13/h1-4,11H,5H2,(H3-,9,10,12,13)/p+1. The fourth-order valence-electron chi connectivity index (χ4n) is 0.938. The summed E-state index contributed by atoms with van der Waals surface area (Å²) < 4.78 is 14.6. The van der Waals surface area contributed by atoms with Crippen molar-refractivity contribution >= 4 is 19.8 Å². The van der Waals surface area contributed by atoms with Crippen molar-refractivity contribution in [1.82, 2.24) is 0 Å². The monoisotopic (exact) mass is 228 g/mol. The van der Waals surface area contributed by atoms with Crippen LogP contribution in [0, 0.1) is 5.41 Å². The molecule has 6 nitrogen and oxygen atoms in total. The molecule has 0 aliphatic rings. The molecular formula is C8H11N3O3P+. The average molecular weight is 228 g/mol. The summed E-state index contributed by atoms with van der Waals surface area (Å²) in [6.07, 6.45) is 0. The van der Waals surface area contributed by atoms with Crippen molar-refractivity contribution in [2.45, 2.75) is 0 Å². The average Bonchev–Trinajstić information content (AvgIpc) is 2.18. The summed E-state index contributed by atoms with van der Waals surface area (Å²) in [5, 5.41) is 9.93. The van der Waals surface area contributed by atoms with E-state index in [0.29, 0.717) is 5.56 Å². The molecule has 0 aliphatic heterocycles. The summed E-state index contributed by atoms with van der Waals surface area (Å²) in [7, 11) is -2.58. The van der Waals surface area contributed by atoms with Crippen LogP contribution in [0.3, 0.4) is 0 Å². The predicted octanol–water partition coefficient (Wildman–Crippen LogP) is 1.01. The van der Waals surface area contributed by atoms with Crippen molar-refractivity contribution in [1.29, 1.82) is 5.41 Å². The van der Waals surface area contributed by atoms with Crippen molar-refractivity contribution in [2.75, 3.05) is 12.0 Å². The molecule has 7 heteroatoms. The van der Waals surface area contributed by atoms with Crippen LogP contribution in [0.2, 0.25) is 0 Å². The summed E-state index contributed by atoms with van der Waals surface area (Å²) in [6.45, 7) is -0.0505. The molecule has 1 atom stereocenters. The number of rotatable bonds is 5. The van der Waals surface area contributed by atoms with E-state index < -0.39 is 8.25 Å². The van der Waals surface area contributed by atoms with Crippen LogP contribution in [0.1, 0.15) is 5.56 Å². The minimum Gasteiger partial charge on any atom is -0.384 e. The van der Waals surface area contributed by atoms with E-state index in [1.165, 1.54) is 0 Å². The molecule has 0 radical (unpaired) electrons. The number of amidine groups is 1. The van der Waals surface area contributed by atoms with Crippen molar-refractivity contribution in [2.24, 2.45) is 5.73 Å². The van der Waals surface area contributed by atoms with E-state index in [4.69, 9.17) is 16.0 Å². The Labute approximate surface area is 87.5 Å². The molecule has 0 spiro atoms. The van der Waals surface area contributed by atoms with Crippen LogP contribution in [0.15, 0.2) is 24.3 Å². The number of anilines is 1. The van der Waals surface area contributed by atoms with Gasteiger partial charge in [-0.15, -0.1) is 4.89 Å². The van der Waals surface area contributed by atoms with Gasteiger partial charge in [0.05, 0.1) is 0 Å². The molecular weight excluding hydrogens is 217 g/mol. The number of nitrogen functional groups attached to an aromatic ring is 1. The van der Waals surface area contributed by atoms with Gasteiger partial charge in [0.2, 0.25) is 0 Å². The molecule has 1 rings (SSSR count). The SMILES string of the molecule is N=C(N)c1ccc(NCO[P+](=O)O)cc1. The van der Waals surface area contributed by atoms with Crippen LogP contribution in [-0.4, -0.2) is 17.5 Å². The molecule has 0 fully saturated rings. The molecule has 0 aliphatic carbocycles. The lowest BCUT2D eigenvalue weighted by Crippen LogP contribution is -2.10. The summed E-state index contributed by atoms with van der Waals surface area (Å²) >= 11 is 0. The molecule has 5 N–H and O–H groups in total. The number of hydrogen-bond donors (Lipinski definition) is 4. The van der Waals surface area contributed by atoms with Gasteiger partial charge in [-0.05, 0) is 24.3 Å². The van der Waals surface area contributed by atoms with E-state index in [0.717, 1.165) is 5.69 Å². The van der Waals surface area contributed by atoms with Crippen molar-refractivity contribution in [3.05, 3.63) is 29.8 Å². The lowest BCUT2D eigenvalue weighted by Gasteiger charge is -2.03. The third-order valence-corrected chi connectivity index (χ3v) is 2.00. The molecule has 80 valence electrons. The highest BCUT2D eigenvalue weighted by molar-refractivity contribution is 7.32. The van der Waals surface area contributed by atoms with Crippen molar-refractivity contribution in [3.8, 4) is 0 Å². The Balaban J connectivity index is 2.50. The molecule has 0 aromatic heterocycles. The fraction of sp³-hybridized carbons (Fsp3) is 0.125. The van der Waals surface area contributed by atoms with Gasteiger partial charge in [-0.25, -0.2) is 0 Å². The van der Waals surface area contributed by atoms with Gasteiger partial charge >= 0.3 is 8.25 Å². The van der Waals surface area contributed by atoms with E-state index >= 15 is 0 Å². The molecule has 0 saturated carbocycles. The van der Waals surface area contributed by atoms with E-state index in [2.05, 4.69) is 9.84 Å². The zero-order chi connectivity index (χ0) is 11.3. The summed E-state index contributed by atoms with van der Waals surface area (Å²) in [6, 6.07) is 6.74. The molecule has 1 aromatic rings. The van der Waals surface area contributed by atoms with Gasteiger partial charge in [-0.1, -0.05) is 4.52 Å². The van der Waals surface area contributed by atoms with Gasteiger partial charge < -0.3 is 11.1 Å². The first kappa shape index (κ1) is 11.6. The van der Waals surface area contributed by atoms with Gasteiger partial charge in [0.15, 0.2) is 6.73 Å². The molecule has 0 bridgehead atoms. The van der Waals surface area contributed by atoms with Gasteiger partial charge in [0.1, 0.15) is 5.84 Å². The largest absolute Gasteiger partial charge is 0.696 e. The maximum absolute atomic E-state index is 10.2. The highest BCUT2D eigenvalue weighted by Crippen LogP contribution is 2.15. The quantitative estimate of drug-likeness (QED) is 0.260. The van der Waals surface area contributed by atoms with E-state index in [1.807, 2.05) is 0 Å². The van der Waals surface area contributed by atoms with Crippen molar-refractivity contribution in [3.63, 3.8) is 0 Å². The second kappa shape index (κ2) is 5.41. The molecule has 0 amide bonds. The van der Waals surface area contributed by atoms with Gasteiger partial charge in [0.25, 0.3) is 0 Å². The fourth-order valence-corrected chi connectivity index (χ4v) is 1.11. The van der Waals surface area contributed by atoms with E-state index in [-0.39, 0.29) is 12.6 Å². The highest BCUT2D eigenvalue weighted by atomic mass is 31.1. The Morgan fingerprint density at radius 3 is 2.60 bits per heavy atom. The van der Waals surface area contributed by atoms with Gasteiger partial charge in [0, 0.05) is 15.8 Å². The molecule has 15 heavy (non-hydrogen) atoms.